The van der Waals surface area contributed by atoms with Crippen molar-refractivity contribution in [3.8, 4) is 0 Å². The molecule has 2 fully saturated rings. The summed E-state index contributed by atoms with van der Waals surface area (Å²) in [6.07, 6.45) is -3.69. The van der Waals surface area contributed by atoms with Gasteiger partial charge in [-0.1, -0.05) is 11.6 Å². The molecule has 0 aliphatic heterocycles. The normalized spacial score (nSPS) is 26.2. The van der Waals surface area contributed by atoms with E-state index in [0.717, 1.165) is 6.07 Å². The molecule has 2 aromatic rings. The molecule has 13 heteroatoms. The monoisotopic (exact) mass is 528 g/mol. The number of fused-ring (bicyclic) bond motifs is 1. The van der Waals surface area contributed by atoms with Gasteiger partial charge in [-0.25, -0.2) is 4.39 Å². The molecule has 7 N–H and O–H groups in total. The number of halogens is 5. The van der Waals surface area contributed by atoms with Crippen LogP contribution < -0.4 is 16.8 Å². The lowest BCUT2D eigenvalue weighted by Crippen LogP contribution is -2.41. The molecule has 1 aromatic carbocycles. The van der Waals surface area contributed by atoms with E-state index in [1.807, 2.05) is 0 Å². The van der Waals surface area contributed by atoms with E-state index >= 15 is 0 Å². The first-order valence-corrected chi connectivity index (χ1v) is 11.5. The molecule has 36 heavy (non-hydrogen) atoms. The fourth-order valence-corrected chi connectivity index (χ4v) is 5.69. The van der Waals surface area contributed by atoms with Crippen LogP contribution in [0.5, 0.6) is 0 Å². The summed E-state index contributed by atoms with van der Waals surface area (Å²) in [7, 11) is 1.58. The number of alkyl halides is 3. The summed E-state index contributed by atoms with van der Waals surface area (Å²) >= 11 is 5.79. The Hall–Kier alpha value is -3.12. The third-order valence-electron chi connectivity index (χ3n) is 7.16. The average molecular weight is 529 g/mol. The van der Waals surface area contributed by atoms with E-state index in [2.05, 4.69) is 10.4 Å². The lowest BCUT2D eigenvalue weighted by atomic mass is 9.85. The molecular weight excluding hydrogens is 504 g/mol. The van der Waals surface area contributed by atoms with Gasteiger partial charge in [0.2, 0.25) is 0 Å². The van der Waals surface area contributed by atoms with Crippen LogP contribution >= 0.6 is 11.6 Å². The first kappa shape index (κ1) is 26.0. The number of carbonyl (C=O) groups excluding carboxylic acids is 1. The molecule has 1 heterocycles. The van der Waals surface area contributed by atoms with Crippen molar-refractivity contribution in [3.63, 3.8) is 0 Å². The second-order valence-corrected chi connectivity index (χ2v) is 9.84. The summed E-state index contributed by atoms with van der Waals surface area (Å²) < 4.78 is 54.5. The highest BCUT2D eigenvalue weighted by Crippen LogP contribution is 2.55. The van der Waals surface area contributed by atoms with E-state index < -0.39 is 34.8 Å². The zero-order valence-electron chi connectivity index (χ0n) is 19.2. The predicted molar refractivity (Wildman–Crippen MR) is 126 cm³/mol. The van der Waals surface area contributed by atoms with E-state index in [4.69, 9.17) is 28.5 Å². The van der Waals surface area contributed by atoms with Gasteiger partial charge in [0, 0.05) is 24.9 Å². The first-order chi connectivity index (χ1) is 16.7. The Bertz CT molecular complexity index is 1240. The Labute approximate surface area is 208 Å². The molecular formula is C23H25ClF4N6O2. The Kier molecular flexibility index (Phi) is 6.54. The SMILES string of the molecule is Cn1nc(C2CC3CC(O)(C(=N)/C(=C\N)C(F)(F)F)CC3C2)c(C(=O)Nc2ccc(F)c(Cl)c2)c1N. The van der Waals surface area contributed by atoms with Crippen LogP contribution in [0.25, 0.3) is 0 Å². The van der Waals surface area contributed by atoms with Crippen LogP contribution in [-0.4, -0.2) is 38.3 Å². The van der Waals surface area contributed by atoms with Crippen molar-refractivity contribution in [2.45, 2.75) is 43.4 Å². The number of hydrogen-bond acceptors (Lipinski definition) is 6. The highest BCUT2D eigenvalue weighted by molar-refractivity contribution is 6.31. The summed E-state index contributed by atoms with van der Waals surface area (Å²) in [4.78, 5) is 13.1. The number of hydrogen-bond donors (Lipinski definition) is 5. The molecule has 0 saturated heterocycles. The van der Waals surface area contributed by atoms with Crippen molar-refractivity contribution < 1.29 is 27.5 Å². The lowest BCUT2D eigenvalue weighted by Gasteiger charge is -2.27. The molecule has 1 aromatic heterocycles. The van der Waals surface area contributed by atoms with Crippen LogP contribution in [0.3, 0.4) is 0 Å². The molecule has 2 aliphatic rings. The van der Waals surface area contributed by atoms with Crippen molar-refractivity contribution in [3.05, 3.63) is 52.1 Å². The molecule has 2 unspecified atom stereocenters. The Morgan fingerprint density at radius 1 is 1.33 bits per heavy atom. The molecule has 8 nitrogen and oxygen atoms in total. The van der Waals surface area contributed by atoms with Gasteiger partial charge in [0.15, 0.2) is 0 Å². The number of nitrogens with zero attached hydrogens (tertiary/aromatic N) is 2. The number of carbonyl (C=O) groups is 1. The highest BCUT2D eigenvalue weighted by Gasteiger charge is 2.54. The number of rotatable bonds is 5. The van der Waals surface area contributed by atoms with Crippen LogP contribution in [0.2, 0.25) is 5.02 Å². The first-order valence-electron chi connectivity index (χ1n) is 11.1. The van der Waals surface area contributed by atoms with Gasteiger partial charge in [-0.2, -0.15) is 18.3 Å². The van der Waals surface area contributed by atoms with E-state index in [-0.39, 0.29) is 52.7 Å². The van der Waals surface area contributed by atoms with Gasteiger partial charge < -0.3 is 27.3 Å². The second-order valence-electron chi connectivity index (χ2n) is 9.43. The number of nitrogens with two attached hydrogens (primary N) is 2. The minimum absolute atomic E-state index is 0.0294. The molecule has 2 atom stereocenters. The van der Waals surface area contributed by atoms with Crippen LogP contribution in [-0.2, 0) is 7.05 Å². The van der Waals surface area contributed by atoms with Gasteiger partial charge in [0.1, 0.15) is 22.8 Å². The molecule has 0 radical (unpaired) electrons. The number of amides is 1. The van der Waals surface area contributed by atoms with Gasteiger partial charge in [-0.05, 0) is 55.7 Å². The van der Waals surface area contributed by atoms with Gasteiger partial charge in [0.25, 0.3) is 5.91 Å². The zero-order chi connectivity index (χ0) is 26.6. The quantitative estimate of drug-likeness (QED) is 0.293. The summed E-state index contributed by atoms with van der Waals surface area (Å²) in [5, 5.41) is 25.8. The van der Waals surface area contributed by atoms with Crippen LogP contribution in [0.4, 0.5) is 29.1 Å². The van der Waals surface area contributed by atoms with Crippen molar-refractivity contribution in [1.82, 2.24) is 9.78 Å². The largest absolute Gasteiger partial charge is 0.419 e. The molecule has 1 amide bonds. The van der Waals surface area contributed by atoms with E-state index in [1.165, 1.54) is 16.8 Å². The van der Waals surface area contributed by atoms with Crippen LogP contribution in [0.1, 0.15) is 47.7 Å². The summed E-state index contributed by atoms with van der Waals surface area (Å²) in [5.74, 6) is -1.66. The zero-order valence-corrected chi connectivity index (χ0v) is 19.9. The van der Waals surface area contributed by atoms with Crippen molar-refractivity contribution in [2.24, 2.45) is 24.6 Å². The number of aryl methyl sites for hydroxylation is 1. The number of nitrogens with one attached hydrogen (secondary N) is 2. The van der Waals surface area contributed by atoms with Gasteiger partial charge in [-0.15, -0.1) is 0 Å². The number of anilines is 2. The van der Waals surface area contributed by atoms with E-state index in [9.17, 15) is 27.5 Å². The maximum Gasteiger partial charge on any atom is 0.419 e. The molecule has 194 valence electrons. The smallest absolute Gasteiger partial charge is 0.404 e. The summed E-state index contributed by atoms with van der Waals surface area (Å²) in [6, 6.07) is 3.74. The maximum absolute atomic E-state index is 13.5. The average Bonchev–Trinajstić information content (AvgIpc) is 3.40. The number of aromatic nitrogens is 2. The third kappa shape index (κ3) is 4.55. The number of aliphatic hydroxyl groups is 1. The maximum atomic E-state index is 13.5. The molecule has 2 aliphatic carbocycles. The van der Waals surface area contributed by atoms with Crippen molar-refractivity contribution >= 4 is 34.7 Å². The fourth-order valence-electron chi connectivity index (χ4n) is 5.50. The Morgan fingerprint density at radius 2 is 1.94 bits per heavy atom. The van der Waals surface area contributed by atoms with Crippen molar-refractivity contribution in [2.75, 3.05) is 11.1 Å². The third-order valence-corrected chi connectivity index (χ3v) is 7.45. The number of nitrogen functional groups attached to an aromatic ring is 1. The fraction of sp³-hybridized carbons (Fsp3) is 0.435. The Morgan fingerprint density at radius 3 is 2.47 bits per heavy atom. The van der Waals surface area contributed by atoms with Gasteiger partial charge in [0.05, 0.1) is 22.0 Å². The summed E-state index contributed by atoms with van der Waals surface area (Å²) in [6.45, 7) is 0. The topological polar surface area (TPSA) is 143 Å². The van der Waals surface area contributed by atoms with Crippen LogP contribution in [0, 0.1) is 23.1 Å². The second kappa shape index (κ2) is 9.07. The minimum atomic E-state index is -4.84. The molecule has 4 rings (SSSR count). The lowest BCUT2D eigenvalue weighted by molar-refractivity contribution is -0.0879. The molecule has 2 saturated carbocycles. The van der Waals surface area contributed by atoms with Crippen LogP contribution in [0.15, 0.2) is 30.0 Å². The highest BCUT2D eigenvalue weighted by atomic mass is 35.5. The van der Waals surface area contributed by atoms with Gasteiger partial charge in [-0.3, -0.25) is 9.48 Å². The minimum Gasteiger partial charge on any atom is -0.404 e. The molecule has 0 bridgehead atoms. The van der Waals surface area contributed by atoms with E-state index in [0.29, 0.717) is 24.7 Å². The van der Waals surface area contributed by atoms with Gasteiger partial charge >= 0.3 is 6.18 Å². The molecule has 0 spiro atoms. The number of benzene rings is 1. The predicted octanol–water partition coefficient (Wildman–Crippen LogP) is 4.11. The van der Waals surface area contributed by atoms with E-state index in [1.54, 1.807) is 7.05 Å². The Balaban J connectivity index is 1.53. The summed E-state index contributed by atoms with van der Waals surface area (Å²) in [5.41, 5.74) is 7.88. The standard InChI is InChI=1S/C23H25ClF4N6O2/c1-34-20(31)17(21(35)32-13-2-3-16(25)15(24)6-13)18(33-34)10-4-11-7-22(36,8-12(11)5-10)19(30)14(9-29)23(26,27)28/h2-3,6,9-12,30,36H,4-5,7-8,29,31H2,1H3,(H,32,35)/b14-9+,30-19?. The van der Waals surface area contributed by atoms with Crippen molar-refractivity contribution in [1.29, 1.82) is 5.41 Å².